The van der Waals surface area contributed by atoms with Gasteiger partial charge in [0.1, 0.15) is 0 Å². The quantitative estimate of drug-likeness (QED) is 0.857. The van der Waals surface area contributed by atoms with Crippen LogP contribution in [0.2, 0.25) is 0 Å². The molecule has 3 rings (SSSR count). The van der Waals surface area contributed by atoms with Crippen LogP contribution in [0.1, 0.15) is 43.9 Å². The van der Waals surface area contributed by atoms with E-state index in [-0.39, 0.29) is 5.91 Å². The monoisotopic (exact) mass is 301 g/mol. The molecule has 0 bridgehead atoms. The Morgan fingerprint density at radius 2 is 2.00 bits per heavy atom. The van der Waals surface area contributed by atoms with Gasteiger partial charge in [-0.05, 0) is 57.3 Å². The zero-order valence-electron chi connectivity index (χ0n) is 13.8. The Morgan fingerprint density at radius 1 is 1.23 bits per heavy atom. The first-order valence-corrected chi connectivity index (χ1v) is 8.64. The summed E-state index contributed by atoms with van der Waals surface area (Å²) in [4.78, 5) is 21.8. The number of nitrogens with zero attached hydrogens (tertiary/aromatic N) is 3. The second-order valence-corrected chi connectivity index (χ2v) is 6.62. The van der Waals surface area contributed by atoms with Gasteiger partial charge in [0, 0.05) is 30.5 Å². The van der Waals surface area contributed by atoms with Crippen molar-refractivity contribution in [1.82, 2.24) is 14.8 Å². The highest BCUT2D eigenvalue weighted by Crippen LogP contribution is 2.30. The van der Waals surface area contributed by atoms with Crippen molar-refractivity contribution >= 4 is 5.91 Å². The van der Waals surface area contributed by atoms with Gasteiger partial charge in [0.05, 0.1) is 6.42 Å². The van der Waals surface area contributed by atoms with Gasteiger partial charge in [-0.25, -0.2) is 0 Å². The van der Waals surface area contributed by atoms with Crippen molar-refractivity contribution in [2.24, 2.45) is 0 Å². The summed E-state index contributed by atoms with van der Waals surface area (Å²) in [5.41, 5.74) is 2.03. The van der Waals surface area contributed by atoms with E-state index in [0.29, 0.717) is 18.5 Å². The van der Waals surface area contributed by atoms with E-state index in [4.69, 9.17) is 0 Å². The van der Waals surface area contributed by atoms with Crippen molar-refractivity contribution in [1.29, 1.82) is 0 Å². The molecular formula is C18H27N3O. The van der Waals surface area contributed by atoms with E-state index in [0.717, 1.165) is 30.8 Å². The van der Waals surface area contributed by atoms with Crippen molar-refractivity contribution in [2.45, 2.75) is 58.0 Å². The first kappa shape index (κ1) is 15.5. The van der Waals surface area contributed by atoms with Crippen molar-refractivity contribution in [3.8, 4) is 0 Å². The number of amides is 1. The highest BCUT2D eigenvalue weighted by molar-refractivity contribution is 5.79. The van der Waals surface area contributed by atoms with Crippen LogP contribution in [0.15, 0.2) is 18.3 Å². The third kappa shape index (κ3) is 3.17. The minimum absolute atomic E-state index is 0.274. The van der Waals surface area contributed by atoms with E-state index in [1.165, 1.54) is 25.8 Å². The Morgan fingerprint density at radius 3 is 2.73 bits per heavy atom. The topological polar surface area (TPSA) is 36.4 Å². The second kappa shape index (κ2) is 6.78. The molecular weight excluding hydrogens is 274 g/mol. The third-order valence-corrected chi connectivity index (χ3v) is 5.21. The molecule has 0 unspecified atom stereocenters. The molecule has 0 N–H and O–H groups in total. The van der Waals surface area contributed by atoms with Crippen LogP contribution in [-0.2, 0) is 11.2 Å². The minimum atomic E-state index is 0.274. The molecule has 3 heterocycles. The van der Waals surface area contributed by atoms with Crippen LogP contribution in [-0.4, -0.2) is 52.4 Å². The minimum Gasteiger partial charge on any atom is -0.338 e. The fourth-order valence-electron chi connectivity index (χ4n) is 4.06. The molecule has 2 aliphatic heterocycles. The summed E-state index contributed by atoms with van der Waals surface area (Å²) >= 11 is 0. The Balaban J connectivity index is 1.67. The number of carbonyl (C=O) groups is 1. The molecule has 0 radical (unpaired) electrons. The Hall–Kier alpha value is -1.42. The molecule has 1 aromatic heterocycles. The van der Waals surface area contributed by atoms with Crippen LogP contribution in [0.4, 0.5) is 0 Å². The van der Waals surface area contributed by atoms with Crippen LogP contribution in [0.5, 0.6) is 0 Å². The van der Waals surface area contributed by atoms with Crippen molar-refractivity contribution in [2.75, 3.05) is 19.6 Å². The van der Waals surface area contributed by atoms with Crippen LogP contribution in [0, 0.1) is 6.92 Å². The summed E-state index contributed by atoms with van der Waals surface area (Å²) in [5.74, 6) is 0.274. The molecule has 2 saturated heterocycles. The number of likely N-dealkylation sites (tertiary alicyclic amines) is 2. The SMILES string of the molecule is CCN1CCC[C@H]1[C@H]1CCCN1C(=O)Cc1ccc(C)nc1. The van der Waals surface area contributed by atoms with E-state index in [1.54, 1.807) is 0 Å². The lowest BCUT2D eigenvalue weighted by Crippen LogP contribution is -2.48. The third-order valence-electron chi connectivity index (χ3n) is 5.21. The number of aryl methyl sites for hydroxylation is 1. The summed E-state index contributed by atoms with van der Waals surface area (Å²) in [6.07, 6.45) is 7.16. The number of carbonyl (C=O) groups excluding carboxylic acids is 1. The van der Waals surface area contributed by atoms with Gasteiger partial charge in [0.25, 0.3) is 0 Å². The van der Waals surface area contributed by atoms with Crippen LogP contribution in [0.3, 0.4) is 0 Å². The van der Waals surface area contributed by atoms with Gasteiger partial charge in [-0.2, -0.15) is 0 Å². The Kier molecular flexibility index (Phi) is 4.77. The van der Waals surface area contributed by atoms with E-state index in [9.17, 15) is 4.79 Å². The fraction of sp³-hybridized carbons (Fsp3) is 0.667. The molecule has 22 heavy (non-hydrogen) atoms. The summed E-state index contributed by atoms with van der Waals surface area (Å²) < 4.78 is 0. The number of rotatable bonds is 4. The Bertz CT molecular complexity index is 514. The largest absolute Gasteiger partial charge is 0.338 e. The first-order chi connectivity index (χ1) is 10.7. The lowest BCUT2D eigenvalue weighted by molar-refractivity contribution is -0.132. The summed E-state index contributed by atoms with van der Waals surface area (Å²) in [7, 11) is 0. The van der Waals surface area contributed by atoms with Gasteiger partial charge >= 0.3 is 0 Å². The van der Waals surface area contributed by atoms with Crippen LogP contribution < -0.4 is 0 Å². The molecule has 1 aromatic rings. The summed E-state index contributed by atoms with van der Waals surface area (Å²) in [6.45, 7) is 7.43. The predicted molar refractivity (Wildman–Crippen MR) is 87.7 cm³/mol. The van der Waals surface area contributed by atoms with Gasteiger partial charge in [-0.3, -0.25) is 14.7 Å². The number of aromatic nitrogens is 1. The number of likely N-dealkylation sites (N-methyl/N-ethyl adjacent to an activating group) is 1. The normalized spacial score (nSPS) is 25.8. The fourth-order valence-corrected chi connectivity index (χ4v) is 4.06. The van der Waals surface area contributed by atoms with E-state index in [1.807, 2.05) is 25.3 Å². The standard InChI is InChI=1S/C18H27N3O/c1-3-20-10-4-6-16(20)17-7-5-11-21(17)18(22)12-15-9-8-14(2)19-13-15/h8-9,13,16-17H,3-7,10-12H2,1-2H3/t16-,17+/m0/s1. The number of hydrogen-bond donors (Lipinski definition) is 0. The van der Waals surface area contributed by atoms with E-state index in [2.05, 4.69) is 21.7 Å². The molecule has 4 heteroatoms. The zero-order valence-corrected chi connectivity index (χ0v) is 13.8. The molecule has 1 amide bonds. The van der Waals surface area contributed by atoms with Gasteiger partial charge in [0.15, 0.2) is 0 Å². The van der Waals surface area contributed by atoms with Crippen molar-refractivity contribution < 1.29 is 4.79 Å². The van der Waals surface area contributed by atoms with E-state index < -0.39 is 0 Å². The van der Waals surface area contributed by atoms with Gasteiger partial charge in [-0.1, -0.05) is 13.0 Å². The van der Waals surface area contributed by atoms with Gasteiger partial charge < -0.3 is 4.90 Å². The zero-order chi connectivity index (χ0) is 15.5. The van der Waals surface area contributed by atoms with Crippen LogP contribution in [0.25, 0.3) is 0 Å². The molecule has 120 valence electrons. The molecule has 4 nitrogen and oxygen atoms in total. The maximum Gasteiger partial charge on any atom is 0.227 e. The van der Waals surface area contributed by atoms with E-state index >= 15 is 0 Å². The summed E-state index contributed by atoms with van der Waals surface area (Å²) in [6, 6.07) is 5.01. The predicted octanol–water partition coefficient (Wildman–Crippen LogP) is 2.41. The summed E-state index contributed by atoms with van der Waals surface area (Å²) in [5, 5.41) is 0. The smallest absolute Gasteiger partial charge is 0.227 e. The molecule has 0 spiro atoms. The molecule has 2 fully saturated rings. The Labute approximate surface area is 133 Å². The van der Waals surface area contributed by atoms with Gasteiger partial charge in [0.2, 0.25) is 5.91 Å². The first-order valence-electron chi connectivity index (χ1n) is 8.64. The van der Waals surface area contributed by atoms with Crippen molar-refractivity contribution in [3.63, 3.8) is 0 Å². The maximum absolute atomic E-state index is 12.7. The number of hydrogen-bond acceptors (Lipinski definition) is 3. The van der Waals surface area contributed by atoms with Crippen molar-refractivity contribution in [3.05, 3.63) is 29.6 Å². The number of pyridine rings is 1. The second-order valence-electron chi connectivity index (χ2n) is 6.62. The maximum atomic E-state index is 12.7. The molecule has 0 aliphatic carbocycles. The van der Waals surface area contributed by atoms with Gasteiger partial charge in [-0.15, -0.1) is 0 Å². The average Bonchev–Trinajstić information content (AvgIpc) is 3.17. The average molecular weight is 301 g/mol. The molecule has 0 aromatic carbocycles. The molecule has 2 aliphatic rings. The van der Waals surface area contributed by atoms with Crippen LogP contribution >= 0.6 is 0 Å². The lowest BCUT2D eigenvalue weighted by atomic mass is 10.0. The molecule has 0 saturated carbocycles. The highest BCUT2D eigenvalue weighted by atomic mass is 16.2. The lowest BCUT2D eigenvalue weighted by Gasteiger charge is -2.34. The molecule has 2 atom stereocenters. The highest BCUT2D eigenvalue weighted by Gasteiger charge is 2.38.